The van der Waals surface area contributed by atoms with E-state index in [1.54, 1.807) is 0 Å². The molecule has 26 heavy (non-hydrogen) atoms. The molecule has 0 spiro atoms. The van der Waals surface area contributed by atoms with Gasteiger partial charge in [0.1, 0.15) is 11.6 Å². The average molecular weight is 359 g/mol. The quantitative estimate of drug-likeness (QED) is 0.724. The lowest BCUT2D eigenvalue weighted by molar-refractivity contribution is -0.132. The molecule has 2 aliphatic rings. The summed E-state index contributed by atoms with van der Waals surface area (Å²) in [6.45, 7) is 10.1. The first-order valence-corrected chi connectivity index (χ1v) is 10.5. The molecule has 5 nitrogen and oxygen atoms in total. The van der Waals surface area contributed by atoms with E-state index < -0.39 is 0 Å². The lowest BCUT2D eigenvalue weighted by Crippen LogP contribution is -2.40. The Hall–Kier alpha value is -1.65. The zero-order valence-corrected chi connectivity index (χ0v) is 16.8. The van der Waals surface area contributed by atoms with Crippen molar-refractivity contribution in [3.63, 3.8) is 0 Å². The molecule has 2 aliphatic heterocycles. The Labute approximate surface area is 158 Å². The molecule has 0 atom stereocenters. The molecule has 3 rings (SSSR count). The number of unbranched alkanes of at least 4 members (excludes halogenated alkanes) is 3. The monoisotopic (exact) mass is 358 g/mol. The van der Waals surface area contributed by atoms with Gasteiger partial charge in [-0.15, -0.1) is 0 Å². The average Bonchev–Trinajstić information content (AvgIpc) is 2.64. The highest BCUT2D eigenvalue weighted by atomic mass is 16.2. The fraction of sp³-hybridized carbons (Fsp3) is 0.762. The number of hydrogen-bond acceptors (Lipinski definition) is 4. The number of carbonyl (C=O) groups excluding carboxylic acids is 1. The summed E-state index contributed by atoms with van der Waals surface area (Å²) in [6, 6.07) is 0. The fourth-order valence-corrected chi connectivity index (χ4v) is 4.07. The van der Waals surface area contributed by atoms with Crippen LogP contribution in [0.2, 0.25) is 0 Å². The second kappa shape index (κ2) is 8.83. The van der Waals surface area contributed by atoms with Crippen LogP contribution in [0.5, 0.6) is 0 Å². The second-order valence-electron chi connectivity index (χ2n) is 8.07. The predicted molar refractivity (Wildman–Crippen MR) is 105 cm³/mol. The van der Waals surface area contributed by atoms with Crippen LogP contribution in [-0.2, 0) is 17.8 Å². The first kappa shape index (κ1) is 19.1. The molecular weight excluding hydrogens is 324 g/mol. The molecule has 0 N–H and O–H groups in total. The van der Waals surface area contributed by atoms with E-state index in [-0.39, 0.29) is 0 Å². The van der Waals surface area contributed by atoms with Crippen LogP contribution in [0.15, 0.2) is 0 Å². The van der Waals surface area contributed by atoms with Crippen molar-refractivity contribution in [1.29, 1.82) is 0 Å². The number of aryl methyl sites for hydroxylation is 1. The standard InChI is InChI=1S/C21H34N4O/c1-4-5-6-7-8-20(26)25-14-11-19-18(15-25)21(23-17(3)22-19)24-12-9-16(2)10-13-24/h16H,4-15H2,1-3H3. The third kappa shape index (κ3) is 4.54. The Morgan fingerprint density at radius 2 is 1.88 bits per heavy atom. The Kier molecular flexibility index (Phi) is 6.49. The minimum absolute atomic E-state index is 0.297. The number of amides is 1. The molecule has 3 heterocycles. The van der Waals surface area contributed by atoms with Crippen LogP contribution in [0.1, 0.15) is 75.9 Å². The molecular formula is C21H34N4O. The highest BCUT2D eigenvalue weighted by Crippen LogP contribution is 2.30. The summed E-state index contributed by atoms with van der Waals surface area (Å²) < 4.78 is 0. The normalized spacial score (nSPS) is 18.1. The zero-order chi connectivity index (χ0) is 18.5. The highest BCUT2D eigenvalue weighted by molar-refractivity contribution is 5.76. The summed E-state index contributed by atoms with van der Waals surface area (Å²) in [4.78, 5) is 26.6. The van der Waals surface area contributed by atoms with Crippen LogP contribution in [0, 0.1) is 12.8 Å². The van der Waals surface area contributed by atoms with Gasteiger partial charge in [0.2, 0.25) is 5.91 Å². The molecule has 0 radical (unpaired) electrons. The summed E-state index contributed by atoms with van der Waals surface area (Å²) in [5.74, 6) is 3.04. The van der Waals surface area contributed by atoms with Gasteiger partial charge in [-0.05, 0) is 32.1 Å². The lowest BCUT2D eigenvalue weighted by Gasteiger charge is -2.36. The Bertz CT molecular complexity index is 623. The lowest BCUT2D eigenvalue weighted by atomic mass is 9.98. The van der Waals surface area contributed by atoms with Crippen LogP contribution in [0.4, 0.5) is 5.82 Å². The van der Waals surface area contributed by atoms with Gasteiger partial charge < -0.3 is 9.80 Å². The van der Waals surface area contributed by atoms with Gasteiger partial charge in [0.05, 0.1) is 12.2 Å². The Morgan fingerprint density at radius 3 is 2.62 bits per heavy atom. The van der Waals surface area contributed by atoms with Gasteiger partial charge in [-0.2, -0.15) is 0 Å². The van der Waals surface area contributed by atoms with E-state index in [9.17, 15) is 4.79 Å². The highest BCUT2D eigenvalue weighted by Gasteiger charge is 2.28. The summed E-state index contributed by atoms with van der Waals surface area (Å²) >= 11 is 0. The van der Waals surface area contributed by atoms with Gasteiger partial charge in [-0.3, -0.25) is 4.79 Å². The van der Waals surface area contributed by atoms with E-state index in [0.717, 1.165) is 62.2 Å². The zero-order valence-electron chi connectivity index (χ0n) is 16.8. The maximum atomic E-state index is 12.6. The Balaban J connectivity index is 1.71. The minimum atomic E-state index is 0.297. The maximum Gasteiger partial charge on any atom is 0.222 e. The van der Waals surface area contributed by atoms with Gasteiger partial charge in [-0.25, -0.2) is 9.97 Å². The van der Waals surface area contributed by atoms with E-state index in [1.165, 1.54) is 31.2 Å². The number of piperidine rings is 1. The molecule has 1 fully saturated rings. The fourth-order valence-electron chi connectivity index (χ4n) is 4.07. The van der Waals surface area contributed by atoms with Gasteiger partial charge in [-0.1, -0.05) is 33.1 Å². The van der Waals surface area contributed by atoms with Crippen molar-refractivity contribution in [2.75, 3.05) is 24.5 Å². The SMILES string of the molecule is CCCCCCC(=O)N1CCc2nc(C)nc(N3CCC(C)CC3)c2C1. The summed E-state index contributed by atoms with van der Waals surface area (Å²) in [5, 5.41) is 0. The third-order valence-electron chi connectivity index (χ3n) is 5.83. The smallest absolute Gasteiger partial charge is 0.222 e. The minimum Gasteiger partial charge on any atom is -0.356 e. The number of anilines is 1. The molecule has 1 saturated heterocycles. The number of hydrogen-bond donors (Lipinski definition) is 0. The van der Waals surface area contributed by atoms with Crippen molar-refractivity contribution in [3.8, 4) is 0 Å². The van der Waals surface area contributed by atoms with Crippen LogP contribution < -0.4 is 4.90 Å². The van der Waals surface area contributed by atoms with Crippen LogP contribution >= 0.6 is 0 Å². The third-order valence-corrected chi connectivity index (χ3v) is 5.83. The molecule has 144 valence electrons. The number of rotatable bonds is 6. The number of aromatic nitrogens is 2. The Morgan fingerprint density at radius 1 is 1.12 bits per heavy atom. The molecule has 0 aliphatic carbocycles. The maximum absolute atomic E-state index is 12.6. The molecule has 1 aromatic heterocycles. The summed E-state index contributed by atoms with van der Waals surface area (Å²) in [6.07, 6.45) is 8.58. The van der Waals surface area contributed by atoms with Gasteiger partial charge in [0.25, 0.3) is 0 Å². The first-order valence-electron chi connectivity index (χ1n) is 10.5. The molecule has 0 saturated carbocycles. The van der Waals surface area contributed by atoms with Crippen LogP contribution in [-0.4, -0.2) is 40.4 Å². The van der Waals surface area contributed by atoms with Crippen molar-refractivity contribution in [2.24, 2.45) is 5.92 Å². The van der Waals surface area contributed by atoms with Crippen molar-refractivity contribution in [2.45, 2.75) is 78.7 Å². The second-order valence-corrected chi connectivity index (χ2v) is 8.07. The number of carbonyl (C=O) groups is 1. The molecule has 1 amide bonds. The van der Waals surface area contributed by atoms with E-state index in [4.69, 9.17) is 4.98 Å². The van der Waals surface area contributed by atoms with Crippen molar-refractivity contribution < 1.29 is 4.79 Å². The molecule has 0 bridgehead atoms. The van der Waals surface area contributed by atoms with Gasteiger partial charge in [0.15, 0.2) is 0 Å². The van der Waals surface area contributed by atoms with Crippen LogP contribution in [0.3, 0.4) is 0 Å². The number of fused-ring (bicyclic) bond motifs is 1. The van der Waals surface area contributed by atoms with E-state index >= 15 is 0 Å². The van der Waals surface area contributed by atoms with Crippen molar-refractivity contribution in [3.05, 3.63) is 17.1 Å². The largest absolute Gasteiger partial charge is 0.356 e. The van der Waals surface area contributed by atoms with Crippen LogP contribution in [0.25, 0.3) is 0 Å². The molecule has 0 unspecified atom stereocenters. The van der Waals surface area contributed by atoms with Gasteiger partial charge >= 0.3 is 0 Å². The van der Waals surface area contributed by atoms with E-state index in [1.807, 2.05) is 11.8 Å². The molecule has 1 aromatic rings. The topological polar surface area (TPSA) is 49.3 Å². The predicted octanol–water partition coefficient (Wildman–Crippen LogP) is 3.88. The van der Waals surface area contributed by atoms with E-state index in [2.05, 4.69) is 23.7 Å². The van der Waals surface area contributed by atoms with E-state index in [0.29, 0.717) is 18.9 Å². The molecule has 0 aromatic carbocycles. The number of nitrogens with zero attached hydrogens (tertiary/aromatic N) is 4. The summed E-state index contributed by atoms with van der Waals surface area (Å²) in [7, 11) is 0. The van der Waals surface area contributed by atoms with Gasteiger partial charge in [0, 0.05) is 38.0 Å². The van der Waals surface area contributed by atoms with Crippen molar-refractivity contribution in [1.82, 2.24) is 14.9 Å². The molecule has 5 heteroatoms. The first-order chi connectivity index (χ1) is 12.6. The van der Waals surface area contributed by atoms with Crippen molar-refractivity contribution >= 4 is 11.7 Å². The summed E-state index contributed by atoms with van der Waals surface area (Å²) in [5.41, 5.74) is 2.35.